The second-order valence-electron chi connectivity index (χ2n) is 7.07. The van der Waals surface area contributed by atoms with Crippen LogP contribution in [0.2, 0.25) is 0 Å². The molecule has 5 heteroatoms. The third kappa shape index (κ3) is 2.83. The lowest BCUT2D eigenvalue weighted by Gasteiger charge is -2.22. The molecule has 0 fully saturated rings. The second kappa shape index (κ2) is 7.06. The van der Waals surface area contributed by atoms with Crippen LogP contribution in [0, 0.1) is 11.3 Å². The van der Waals surface area contributed by atoms with E-state index in [2.05, 4.69) is 45.2 Å². The summed E-state index contributed by atoms with van der Waals surface area (Å²) in [6.45, 7) is 2.37. The number of nitriles is 1. The summed E-state index contributed by atoms with van der Waals surface area (Å²) in [7, 11) is 0. The summed E-state index contributed by atoms with van der Waals surface area (Å²) in [5, 5.41) is 11.2. The highest BCUT2D eigenvalue weighted by molar-refractivity contribution is 9.10. The van der Waals surface area contributed by atoms with Gasteiger partial charge in [0.1, 0.15) is 11.6 Å². The molecular weight excluding hydrogens is 426 g/mol. The van der Waals surface area contributed by atoms with E-state index in [1.54, 1.807) is 0 Å². The number of ether oxygens (including phenoxy) is 1. The van der Waals surface area contributed by atoms with Crippen molar-refractivity contribution in [3.63, 3.8) is 0 Å². The van der Waals surface area contributed by atoms with Crippen molar-refractivity contribution in [1.29, 1.82) is 5.26 Å². The first-order chi connectivity index (χ1) is 14.2. The van der Waals surface area contributed by atoms with Crippen LogP contribution in [0.25, 0.3) is 33.4 Å². The molecule has 0 spiro atoms. The highest BCUT2D eigenvalue weighted by Crippen LogP contribution is 2.44. The molecule has 4 aromatic rings. The monoisotopic (exact) mass is 443 g/mol. The molecule has 0 saturated heterocycles. The van der Waals surface area contributed by atoms with E-state index in [4.69, 9.17) is 9.72 Å². The molecule has 5 rings (SSSR count). The molecule has 0 aliphatic heterocycles. The SMILES string of the molecule is CCOc1nc2c(c(-c3ccc(Br)cc3)c1C#N)CCc1c-2[nH]c2ccccc12. The van der Waals surface area contributed by atoms with Crippen molar-refractivity contribution in [1.82, 2.24) is 9.97 Å². The number of rotatable bonds is 3. The van der Waals surface area contributed by atoms with E-state index in [9.17, 15) is 5.26 Å². The van der Waals surface area contributed by atoms with Gasteiger partial charge in [0.05, 0.1) is 18.0 Å². The number of nitrogens with zero attached hydrogens (tertiary/aromatic N) is 2. The molecular formula is C24H18BrN3O. The fraction of sp³-hybridized carbons (Fsp3) is 0.167. The van der Waals surface area contributed by atoms with Crippen molar-refractivity contribution < 1.29 is 4.74 Å². The Morgan fingerprint density at radius 2 is 1.86 bits per heavy atom. The minimum atomic E-state index is 0.401. The van der Waals surface area contributed by atoms with Gasteiger partial charge in [-0.25, -0.2) is 4.98 Å². The van der Waals surface area contributed by atoms with Crippen LogP contribution in [0.1, 0.15) is 23.6 Å². The van der Waals surface area contributed by atoms with Crippen LogP contribution in [0.15, 0.2) is 53.0 Å². The summed E-state index contributed by atoms with van der Waals surface area (Å²) in [5.74, 6) is 0.401. The average molecular weight is 444 g/mol. The summed E-state index contributed by atoms with van der Waals surface area (Å²) in [5.41, 5.74) is 7.87. The van der Waals surface area contributed by atoms with Gasteiger partial charge in [-0.15, -0.1) is 0 Å². The number of hydrogen-bond donors (Lipinski definition) is 1. The molecule has 2 aromatic carbocycles. The fourth-order valence-corrected chi connectivity index (χ4v) is 4.51. The molecule has 29 heavy (non-hydrogen) atoms. The largest absolute Gasteiger partial charge is 0.477 e. The molecule has 0 unspecified atom stereocenters. The lowest BCUT2D eigenvalue weighted by Crippen LogP contribution is -2.11. The van der Waals surface area contributed by atoms with Gasteiger partial charge in [-0.1, -0.05) is 46.3 Å². The van der Waals surface area contributed by atoms with Crippen molar-refractivity contribution in [3.05, 3.63) is 69.7 Å². The van der Waals surface area contributed by atoms with Gasteiger partial charge in [0.15, 0.2) is 0 Å². The molecule has 0 atom stereocenters. The van der Waals surface area contributed by atoms with E-state index in [-0.39, 0.29) is 0 Å². The lowest BCUT2D eigenvalue weighted by molar-refractivity contribution is 0.326. The Morgan fingerprint density at radius 1 is 1.10 bits per heavy atom. The normalized spacial score (nSPS) is 12.3. The van der Waals surface area contributed by atoms with Gasteiger partial charge in [0.25, 0.3) is 0 Å². The van der Waals surface area contributed by atoms with Crippen molar-refractivity contribution >= 4 is 26.8 Å². The number of hydrogen-bond acceptors (Lipinski definition) is 3. The van der Waals surface area contributed by atoms with E-state index < -0.39 is 0 Å². The minimum Gasteiger partial charge on any atom is -0.477 e. The average Bonchev–Trinajstić information content (AvgIpc) is 3.13. The smallest absolute Gasteiger partial charge is 0.232 e. The first kappa shape index (κ1) is 18.0. The maximum atomic E-state index is 9.97. The quantitative estimate of drug-likeness (QED) is 0.420. The molecule has 2 heterocycles. The van der Waals surface area contributed by atoms with E-state index in [0.29, 0.717) is 18.1 Å². The topological polar surface area (TPSA) is 61.7 Å². The Morgan fingerprint density at radius 3 is 2.62 bits per heavy atom. The molecule has 0 bridgehead atoms. The van der Waals surface area contributed by atoms with Crippen molar-refractivity contribution in [2.75, 3.05) is 6.61 Å². The van der Waals surface area contributed by atoms with Crippen molar-refractivity contribution in [3.8, 4) is 34.5 Å². The summed E-state index contributed by atoms with van der Waals surface area (Å²) < 4.78 is 6.82. The summed E-state index contributed by atoms with van der Waals surface area (Å²) in [6, 6.07) is 18.8. The Labute approximate surface area is 177 Å². The van der Waals surface area contributed by atoms with E-state index in [1.807, 2.05) is 37.3 Å². The molecule has 2 aromatic heterocycles. The Kier molecular flexibility index (Phi) is 4.37. The summed E-state index contributed by atoms with van der Waals surface area (Å²) in [6.07, 6.45) is 1.75. The summed E-state index contributed by atoms with van der Waals surface area (Å²) >= 11 is 3.50. The van der Waals surface area contributed by atoms with Crippen LogP contribution in [-0.4, -0.2) is 16.6 Å². The number of aromatic nitrogens is 2. The molecule has 1 aliphatic rings. The fourth-order valence-electron chi connectivity index (χ4n) is 4.24. The molecule has 4 nitrogen and oxygen atoms in total. The number of pyridine rings is 1. The maximum absolute atomic E-state index is 9.97. The Bertz CT molecular complexity index is 1280. The zero-order chi connectivity index (χ0) is 20.0. The Balaban J connectivity index is 1.84. The van der Waals surface area contributed by atoms with E-state index in [1.165, 1.54) is 10.9 Å². The standard InChI is InChI=1S/C24H18BrN3O/c1-2-29-24-19(13-26)21(14-7-9-15(25)10-8-14)18-12-11-17-16-5-3-4-6-20(16)27-22(17)23(18)28-24/h3-10,27H,2,11-12H2,1H3. The van der Waals surface area contributed by atoms with Crippen LogP contribution in [0.4, 0.5) is 0 Å². The number of benzene rings is 2. The minimum absolute atomic E-state index is 0.401. The zero-order valence-electron chi connectivity index (χ0n) is 15.9. The highest BCUT2D eigenvalue weighted by atomic mass is 79.9. The Hall–Kier alpha value is -3.10. The predicted octanol–water partition coefficient (Wildman–Crippen LogP) is 6.03. The molecule has 0 saturated carbocycles. The number of aromatic amines is 1. The van der Waals surface area contributed by atoms with Gasteiger partial charge in [0, 0.05) is 20.9 Å². The second-order valence-corrected chi connectivity index (χ2v) is 7.99. The third-order valence-corrected chi connectivity index (χ3v) is 5.99. The maximum Gasteiger partial charge on any atom is 0.232 e. The number of nitrogens with one attached hydrogen (secondary N) is 1. The molecule has 142 valence electrons. The van der Waals surface area contributed by atoms with Gasteiger partial charge >= 0.3 is 0 Å². The van der Waals surface area contributed by atoms with Crippen molar-refractivity contribution in [2.24, 2.45) is 0 Å². The molecule has 1 N–H and O–H groups in total. The van der Waals surface area contributed by atoms with Gasteiger partial charge in [-0.3, -0.25) is 0 Å². The van der Waals surface area contributed by atoms with Crippen molar-refractivity contribution in [2.45, 2.75) is 19.8 Å². The molecule has 0 amide bonds. The lowest BCUT2D eigenvalue weighted by atomic mass is 9.85. The van der Waals surface area contributed by atoms with Crippen LogP contribution in [-0.2, 0) is 12.8 Å². The van der Waals surface area contributed by atoms with Gasteiger partial charge in [0.2, 0.25) is 5.88 Å². The van der Waals surface area contributed by atoms with Crippen LogP contribution in [0.5, 0.6) is 5.88 Å². The number of para-hydroxylation sites is 1. The van der Waals surface area contributed by atoms with Gasteiger partial charge < -0.3 is 9.72 Å². The predicted molar refractivity (Wildman–Crippen MR) is 118 cm³/mol. The third-order valence-electron chi connectivity index (χ3n) is 5.47. The number of fused-ring (bicyclic) bond motifs is 5. The van der Waals surface area contributed by atoms with E-state index >= 15 is 0 Å². The van der Waals surface area contributed by atoms with Gasteiger partial charge in [-0.2, -0.15) is 5.26 Å². The van der Waals surface area contributed by atoms with Gasteiger partial charge in [-0.05, 0) is 54.7 Å². The first-order valence-electron chi connectivity index (χ1n) is 9.67. The molecule has 1 aliphatic carbocycles. The number of H-pyrrole nitrogens is 1. The molecule has 0 radical (unpaired) electrons. The van der Waals surface area contributed by atoms with Crippen LogP contribution >= 0.6 is 15.9 Å². The summed E-state index contributed by atoms with van der Waals surface area (Å²) in [4.78, 5) is 8.39. The highest BCUT2D eigenvalue weighted by Gasteiger charge is 2.28. The zero-order valence-corrected chi connectivity index (χ0v) is 17.5. The van der Waals surface area contributed by atoms with Crippen LogP contribution in [0.3, 0.4) is 0 Å². The number of halogens is 1. The van der Waals surface area contributed by atoms with E-state index in [0.717, 1.165) is 50.9 Å². The number of aryl methyl sites for hydroxylation is 1. The van der Waals surface area contributed by atoms with Crippen LogP contribution < -0.4 is 4.74 Å². The first-order valence-corrected chi connectivity index (χ1v) is 10.5.